The zero-order chi connectivity index (χ0) is 14.5. The monoisotopic (exact) mass is 271 g/mol. The number of hydrogen-bond donors (Lipinski definition) is 2. The van der Waals surface area contributed by atoms with Crippen LogP contribution < -0.4 is 15.5 Å². The van der Waals surface area contributed by atoms with Gasteiger partial charge in [-0.25, -0.2) is 4.98 Å². The van der Waals surface area contributed by atoms with Gasteiger partial charge in [-0.05, 0) is 32.0 Å². The molecule has 0 saturated carbocycles. The van der Waals surface area contributed by atoms with Crippen LogP contribution in [0, 0.1) is 6.92 Å². The molecule has 0 aliphatic carbocycles. The van der Waals surface area contributed by atoms with Crippen LogP contribution in [-0.2, 0) is 0 Å². The highest BCUT2D eigenvalue weighted by molar-refractivity contribution is 5.65. The highest BCUT2D eigenvalue weighted by Gasteiger charge is 2.05. The Morgan fingerprint density at radius 2 is 2.05 bits per heavy atom. The van der Waals surface area contributed by atoms with Gasteiger partial charge in [-0.3, -0.25) is 0 Å². The van der Waals surface area contributed by atoms with Crippen LogP contribution in [0.5, 0.6) is 0 Å². The van der Waals surface area contributed by atoms with Gasteiger partial charge in [0.15, 0.2) is 0 Å². The molecule has 0 aliphatic heterocycles. The van der Waals surface area contributed by atoms with E-state index < -0.39 is 0 Å². The molecule has 0 bridgehead atoms. The zero-order valence-corrected chi connectivity index (χ0v) is 12.4. The number of benzene rings is 1. The van der Waals surface area contributed by atoms with E-state index in [9.17, 15) is 0 Å². The van der Waals surface area contributed by atoms with E-state index in [1.54, 1.807) is 0 Å². The van der Waals surface area contributed by atoms with E-state index in [1.165, 1.54) is 0 Å². The van der Waals surface area contributed by atoms with Gasteiger partial charge in [-0.1, -0.05) is 6.07 Å². The van der Waals surface area contributed by atoms with Crippen molar-refractivity contribution in [3.8, 4) is 0 Å². The molecule has 0 saturated heterocycles. The quantitative estimate of drug-likeness (QED) is 0.875. The van der Waals surface area contributed by atoms with Gasteiger partial charge in [-0.2, -0.15) is 4.98 Å². The molecule has 20 heavy (non-hydrogen) atoms. The third-order valence-electron chi connectivity index (χ3n) is 2.93. The average Bonchev–Trinajstić information content (AvgIpc) is 2.43. The van der Waals surface area contributed by atoms with Crippen molar-refractivity contribution in [2.75, 3.05) is 36.2 Å². The lowest BCUT2D eigenvalue weighted by Gasteiger charge is -2.15. The summed E-state index contributed by atoms with van der Waals surface area (Å²) in [4.78, 5) is 10.8. The van der Waals surface area contributed by atoms with Crippen LogP contribution in [0.1, 0.15) is 12.5 Å². The summed E-state index contributed by atoms with van der Waals surface area (Å²) in [6, 6.07) is 8.22. The lowest BCUT2D eigenvalue weighted by atomic mass is 10.2. The molecule has 5 heteroatoms. The summed E-state index contributed by atoms with van der Waals surface area (Å²) in [5.74, 6) is 1.47. The minimum atomic E-state index is 0.643. The maximum absolute atomic E-state index is 4.48. The molecule has 0 amide bonds. The second kappa shape index (κ2) is 6.23. The summed E-state index contributed by atoms with van der Waals surface area (Å²) in [6.07, 6.45) is 1.82. The Kier molecular flexibility index (Phi) is 4.40. The normalized spacial score (nSPS) is 10.2. The van der Waals surface area contributed by atoms with E-state index in [1.807, 2.05) is 46.3 Å². The molecule has 2 rings (SSSR count). The highest BCUT2D eigenvalue weighted by Crippen LogP contribution is 2.22. The summed E-state index contributed by atoms with van der Waals surface area (Å²) >= 11 is 0. The van der Waals surface area contributed by atoms with Crippen molar-refractivity contribution >= 4 is 23.1 Å². The Bertz CT molecular complexity index is 580. The maximum atomic E-state index is 4.48. The second-order valence-corrected chi connectivity index (χ2v) is 4.83. The van der Waals surface area contributed by atoms with Gasteiger partial charge in [0.2, 0.25) is 5.95 Å². The molecule has 5 nitrogen and oxygen atoms in total. The van der Waals surface area contributed by atoms with Crippen molar-refractivity contribution in [3.63, 3.8) is 0 Å². The molecule has 0 unspecified atom stereocenters. The van der Waals surface area contributed by atoms with Crippen molar-refractivity contribution < 1.29 is 0 Å². The molecule has 0 fully saturated rings. The van der Waals surface area contributed by atoms with E-state index in [0.717, 1.165) is 29.3 Å². The van der Waals surface area contributed by atoms with Crippen LogP contribution in [0.4, 0.5) is 23.1 Å². The minimum Gasteiger partial charge on any atom is -0.378 e. The van der Waals surface area contributed by atoms with Gasteiger partial charge in [0, 0.05) is 43.8 Å². The molecule has 1 aromatic heterocycles. The first-order valence-electron chi connectivity index (χ1n) is 6.72. The number of nitrogens with zero attached hydrogens (tertiary/aromatic N) is 3. The predicted molar refractivity (Wildman–Crippen MR) is 85.0 cm³/mol. The summed E-state index contributed by atoms with van der Waals surface area (Å²) in [7, 11) is 4.05. The lowest BCUT2D eigenvalue weighted by Crippen LogP contribution is -2.09. The number of aryl methyl sites for hydroxylation is 1. The molecule has 0 aliphatic rings. The zero-order valence-electron chi connectivity index (χ0n) is 12.4. The standard InChI is InChI=1S/C15H21N5/c1-5-16-15-17-10-11(2)14(19-15)18-12-7-6-8-13(9-12)20(3)4/h6-10H,5H2,1-4H3,(H2,16,17,18,19). The van der Waals surface area contributed by atoms with Crippen LogP contribution >= 0.6 is 0 Å². The number of aromatic nitrogens is 2. The first-order chi connectivity index (χ1) is 9.60. The molecule has 1 heterocycles. The van der Waals surface area contributed by atoms with Crippen LogP contribution in [-0.4, -0.2) is 30.6 Å². The van der Waals surface area contributed by atoms with Gasteiger partial charge in [0.05, 0.1) is 0 Å². The third-order valence-corrected chi connectivity index (χ3v) is 2.93. The Morgan fingerprint density at radius 3 is 2.75 bits per heavy atom. The van der Waals surface area contributed by atoms with Crippen LogP contribution in [0.2, 0.25) is 0 Å². The predicted octanol–water partition coefficient (Wildman–Crippen LogP) is 3.03. The molecular weight excluding hydrogens is 250 g/mol. The van der Waals surface area contributed by atoms with Gasteiger partial charge in [0.25, 0.3) is 0 Å². The summed E-state index contributed by atoms with van der Waals surface area (Å²) in [5.41, 5.74) is 3.18. The average molecular weight is 271 g/mol. The van der Waals surface area contributed by atoms with Gasteiger partial charge in [0.1, 0.15) is 5.82 Å². The maximum Gasteiger partial charge on any atom is 0.224 e. The number of nitrogens with one attached hydrogen (secondary N) is 2. The van der Waals surface area contributed by atoms with Crippen molar-refractivity contribution in [3.05, 3.63) is 36.0 Å². The van der Waals surface area contributed by atoms with Crippen LogP contribution in [0.15, 0.2) is 30.5 Å². The Labute approximate surface area is 120 Å². The molecule has 0 radical (unpaired) electrons. The van der Waals surface area contributed by atoms with Gasteiger partial charge in [-0.15, -0.1) is 0 Å². The smallest absolute Gasteiger partial charge is 0.224 e. The third kappa shape index (κ3) is 3.38. The number of anilines is 4. The van der Waals surface area contributed by atoms with Crippen LogP contribution in [0.25, 0.3) is 0 Å². The molecule has 0 atom stereocenters. The van der Waals surface area contributed by atoms with Crippen molar-refractivity contribution in [1.82, 2.24) is 9.97 Å². The fourth-order valence-corrected chi connectivity index (χ4v) is 1.81. The largest absolute Gasteiger partial charge is 0.378 e. The molecule has 0 spiro atoms. The van der Waals surface area contributed by atoms with E-state index in [2.05, 4.69) is 37.6 Å². The molecular formula is C15H21N5. The van der Waals surface area contributed by atoms with Crippen molar-refractivity contribution in [2.45, 2.75) is 13.8 Å². The molecule has 1 aromatic carbocycles. The van der Waals surface area contributed by atoms with Crippen LogP contribution in [0.3, 0.4) is 0 Å². The van der Waals surface area contributed by atoms with Gasteiger partial charge >= 0.3 is 0 Å². The van der Waals surface area contributed by atoms with E-state index in [4.69, 9.17) is 0 Å². The SMILES string of the molecule is CCNc1ncc(C)c(Nc2cccc(N(C)C)c2)n1. The van der Waals surface area contributed by atoms with Crippen molar-refractivity contribution in [1.29, 1.82) is 0 Å². The number of rotatable bonds is 5. The number of hydrogen-bond acceptors (Lipinski definition) is 5. The highest BCUT2D eigenvalue weighted by atomic mass is 15.1. The fourth-order valence-electron chi connectivity index (χ4n) is 1.81. The Hall–Kier alpha value is -2.30. The van der Waals surface area contributed by atoms with Gasteiger partial charge < -0.3 is 15.5 Å². The molecule has 106 valence electrons. The summed E-state index contributed by atoms with van der Waals surface area (Å²) in [6.45, 7) is 4.82. The Morgan fingerprint density at radius 1 is 1.25 bits per heavy atom. The fraction of sp³-hybridized carbons (Fsp3) is 0.333. The molecule has 2 N–H and O–H groups in total. The first kappa shape index (κ1) is 14.1. The minimum absolute atomic E-state index is 0.643. The van der Waals surface area contributed by atoms with Crippen molar-refractivity contribution in [2.24, 2.45) is 0 Å². The topological polar surface area (TPSA) is 53.1 Å². The molecule has 2 aromatic rings. The summed E-state index contributed by atoms with van der Waals surface area (Å²) in [5, 5.41) is 6.47. The summed E-state index contributed by atoms with van der Waals surface area (Å²) < 4.78 is 0. The first-order valence-corrected chi connectivity index (χ1v) is 6.72. The van der Waals surface area contributed by atoms with E-state index >= 15 is 0 Å². The Balaban J connectivity index is 2.24. The van der Waals surface area contributed by atoms with E-state index in [-0.39, 0.29) is 0 Å². The van der Waals surface area contributed by atoms with E-state index in [0.29, 0.717) is 5.95 Å². The second-order valence-electron chi connectivity index (χ2n) is 4.83. The lowest BCUT2D eigenvalue weighted by molar-refractivity contribution is 1.07.